The summed E-state index contributed by atoms with van der Waals surface area (Å²) in [4.78, 5) is 38.2. The third-order valence-electron chi connectivity index (χ3n) is 13.3. The molecule has 6 heteroatoms. The number of ether oxygens (including phenoxy) is 3. The van der Waals surface area contributed by atoms with Crippen molar-refractivity contribution < 1.29 is 28.6 Å². The van der Waals surface area contributed by atoms with Crippen LogP contribution in [-0.4, -0.2) is 37.2 Å². The molecule has 406 valence electrons. The molecule has 0 bridgehead atoms. The van der Waals surface area contributed by atoms with E-state index >= 15 is 0 Å². The largest absolute Gasteiger partial charge is 0.462 e. The molecule has 0 saturated heterocycles. The molecule has 1 unspecified atom stereocenters. The molecule has 0 spiro atoms. The maximum absolute atomic E-state index is 12.9. The second-order valence-corrected chi connectivity index (χ2v) is 20.2. The fourth-order valence-electron chi connectivity index (χ4n) is 8.77. The minimum Gasteiger partial charge on any atom is -0.462 e. The lowest BCUT2D eigenvalue weighted by atomic mass is 10.0. The van der Waals surface area contributed by atoms with Crippen molar-refractivity contribution in [3.63, 3.8) is 0 Å². The van der Waals surface area contributed by atoms with Gasteiger partial charge in [0, 0.05) is 19.3 Å². The number of carbonyl (C=O) groups is 3. The van der Waals surface area contributed by atoms with Crippen LogP contribution in [0.15, 0.2) is 60.8 Å². The van der Waals surface area contributed by atoms with Gasteiger partial charge in [-0.05, 0) is 64.2 Å². The van der Waals surface area contributed by atoms with Crippen LogP contribution in [0.5, 0.6) is 0 Å². The topological polar surface area (TPSA) is 78.9 Å². The van der Waals surface area contributed by atoms with E-state index in [-0.39, 0.29) is 31.1 Å². The van der Waals surface area contributed by atoms with E-state index in [4.69, 9.17) is 14.2 Å². The molecule has 0 aromatic heterocycles. The van der Waals surface area contributed by atoms with Crippen LogP contribution in [0.25, 0.3) is 0 Å². The van der Waals surface area contributed by atoms with Gasteiger partial charge in [-0.3, -0.25) is 14.4 Å². The second-order valence-electron chi connectivity index (χ2n) is 20.2. The van der Waals surface area contributed by atoms with Gasteiger partial charge in [-0.2, -0.15) is 0 Å². The zero-order valence-corrected chi connectivity index (χ0v) is 46.5. The Labute approximate surface area is 434 Å². The average molecular weight is 980 g/mol. The summed E-state index contributed by atoms with van der Waals surface area (Å²) in [5, 5.41) is 0. The van der Waals surface area contributed by atoms with Crippen molar-refractivity contribution in [3.8, 4) is 0 Å². The fraction of sp³-hybridized carbons (Fsp3) is 0.797. The van der Waals surface area contributed by atoms with Gasteiger partial charge in [0.25, 0.3) is 0 Å². The van der Waals surface area contributed by atoms with Crippen LogP contribution in [0.2, 0.25) is 0 Å². The summed E-state index contributed by atoms with van der Waals surface area (Å²) >= 11 is 0. The van der Waals surface area contributed by atoms with Gasteiger partial charge in [0.05, 0.1) is 0 Å². The van der Waals surface area contributed by atoms with Gasteiger partial charge < -0.3 is 14.2 Å². The molecule has 0 rings (SSSR count). The minimum atomic E-state index is -0.775. The number of carbonyl (C=O) groups excluding carboxylic acids is 3. The normalized spacial score (nSPS) is 12.4. The lowest BCUT2D eigenvalue weighted by Gasteiger charge is -2.18. The van der Waals surface area contributed by atoms with Gasteiger partial charge in [0.2, 0.25) is 0 Å². The van der Waals surface area contributed by atoms with Crippen LogP contribution in [0.4, 0.5) is 0 Å². The fourth-order valence-corrected chi connectivity index (χ4v) is 8.77. The first-order chi connectivity index (χ1) is 34.5. The first kappa shape index (κ1) is 67.1. The Kier molecular flexibility index (Phi) is 56.3. The maximum atomic E-state index is 12.9. The maximum Gasteiger partial charge on any atom is 0.306 e. The lowest BCUT2D eigenvalue weighted by molar-refractivity contribution is -0.167. The Bertz CT molecular complexity index is 1260. The average Bonchev–Trinajstić information content (AvgIpc) is 3.36. The zero-order valence-electron chi connectivity index (χ0n) is 46.5. The molecule has 0 saturated carbocycles. The molecular weight excluding hydrogens is 865 g/mol. The van der Waals surface area contributed by atoms with E-state index in [1.807, 2.05) is 0 Å². The van der Waals surface area contributed by atoms with Crippen LogP contribution < -0.4 is 0 Å². The van der Waals surface area contributed by atoms with Crippen LogP contribution in [0.1, 0.15) is 310 Å². The summed E-state index contributed by atoms with van der Waals surface area (Å²) in [7, 11) is 0. The van der Waals surface area contributed by atoms with E-state index in [0.29, 0.717) is 19.3 Å². The van der Waals surface area contributed by atoms with Gasteiger partial charge in [0.1, 0.15) is 13.2 Å². The predicted octanol–water partition coefficient (Wildman–Crippen LogP) is 20.4. The SMILES string of the molecule is CC/C=C\C/C=C\C/C=C\C/C=C\C/C=C\CCCCCCCCCC(=O)OCC(COC(=O)CCCCCCCCCCCCCC)OC(=O)CCCCCCCCCCCCCCCCCCC. The van der Waals surface area contributed by atoms with Crippen molar-refractivity contribution in [2.75, 3.05) is 13.2 Å². The smallest absolute Gasteiger partial charge is 0.306 e. The van der Waals surface area contributed by atoms with E-state index in [1.54, 1.807) is 0 Å². The molecule has 0 aromatic rings. The molecule has 0 fully saturated rings. The third kappa shape index (κ3) is 56.0. The minimum absolute atomic E-state index is 0.0732. The van der Waals surface area contributed by atoms with Crippen molar-refractivity contribution in [1.29, 1.82) is 0 Å². The highest BCUT2D eigenvalue weighted by atomic mass is 16.6. The quantitative estimate of drug-likeness (QED) is 0.0261. The van der Waals surface area contributed by atoms with Gasteiger partial charge in [-0.1, -0.05) is 287 Å². The summed E-state index contributed by atoms with van der Waals surface area (Å²) in [5.74, 6) is -0.868. The second kappa shape index (κ2) is 58.7. The van der Waals surface area contributed by atoms with Gasteiger partial charge in [-0.15, -0.1) is 0 Å². The van der Waals surface area contributed by atoms with Crippen LogP contribution in [0.3, 0.4) is 0 Å². The highest BCUT2D eigenvalue weighted by Gasteiger charge is 2.19. The highest BCUT2D eigenvalue weighted by molar-refractivity contribution is 5.71. The summed E-state index contributed by atoms with van der Waals surface area (Å²) in [6.45, 7) is 6.55. The van der Waals surface area contributed by atoms with Crippen molar-refractivity contribution in [1.82, 2.24) is 0 Å². The molecule has 0 N–H and O–H groups in total. The van der Waals surface area contributed by atoms with Crippen LogP contribution >= 0.6 is 0 Å². The Hall–Kier alpha value is -2.89. The zero-order chi connectivity index (χ0) is 50.7. The molecule has 0 amide bonds. The third-order valence-corrected chi connectivity index (χ3v) is 13.3. The first-order valence-electron chi connectivity index (χ1n) is 30.3. The van der Waals surface area contributed by atoms with Crippen LogP contribution in [-0.2, 0) is 28.6 Å². The molecule has 0 aromatic carbocycles. The molecular formula is C64H114O6. The number of allylic oxidation sites excluding steroid dienone is 10. The predicted molar refractivity (Wildman–Crippen MR) is 302 cm³/mol. The van der Waals surface area contributed by atoms with Crippen molar-refractivity contribution in [2.24, 2.45) is 0 Å². The molecule has 0 aliphatic carbocycles. The van der Waals surface area contributed by atoms with Gasteiger partial charge in [-0.25, -0.2) is 0 Å². The summed E-state index contributed by atoms with van der Waals surface area (Å²) < 4.78 is 16.9. The molecule has 0 aliphatic heterocycles. The number of hydrogen-bond donors (Lipinski definition) is 0. The van der Waals surface area contributed by atoms with E-state index in [9.17, 15) is 14.4 Å². The van der Waals surface area contributed by atoms with E-state index < -0.39 is 6.10 Å². The molecule has 0 radical (unpaired) electrons. The molecule has 0 heterocycles. The highest BCUT2D eigenvalue weighted by Crippen LogP contribution is 2.17. The van der Waals surface area contributed by atoms with Gasteiger partial charge >= 0.3 is 17.9 Å². The summed E-state index contributed by atoms with van der Waals surface area (Å²) in [6, 6.07) is 0. The molecule has 70 heavy (non-hydrogen) atoms. The molecule has 1 atom stereocenters. The van der Waals surface area contributed by atoms with Crippen molar-refractivity contribution >= 4 is 17.9 Å². The van der Waals surface area contributed by atoms with Gasteiger partial charge in [0.15, 0.2) is 6.10 Å². The number of esters is 3. The standard InChI is InChI=1S/C64H114O6/c1-4-7-10-13-16-19-22-25-27-29-30-31-32-33-34-36-37-39-42-45-48-51-54-57-63(66)69-60-61(59-68-62(65)56-53-50-47-44-41-24-21-18-15-12-9-6-3)70-64(67)58-55-52-49-46-43-40-38-35-28-26-23-20-17-14-11-8-5-2/h7,10,16,19,25,27,30-31,33-34,61H,4-6,8-9,11-15,17-18,20-24,26,28-29,32,35-60H2,1-3H3/b10-7-,19-16-,27-25-,31-30-,34-33-. The lowest BCUT2D eigenvalue weighted by Crippen LogP contribution is -2.30. The van der Waals surface area contributed by atoms with Crippen molar-refractivity contribution in [3.05, 3.63) is 60.8 Å². The Morgan fingerprint density at radius 1 is 0.300 bits per heavy atom. The van der Waals surface area contributed by atoms with Crippen molar-refractivity contribution in [2.45, 2.75) is 316 Å². The van der Waals surface area contributed by atoms with E-state index in [1.165, 1.54) is 173 Å². The summed E-state index contributed by atoms with van der Waals surface area (Å²) in [5.41, 5.74) is 0. The first-order valence-corrected chi connectivity index (χ1v) is 30.3. The molecule has 0 aliphatic rings. The Balaban J connectivity index is 4.32. The summed E-state index contributed by atoms with van der Waals surface area (Å²) in [6.07, 6.45) is 73.6. The monoisotopic (exact) mass is 979 g/mol. The number of unbranched alkanes of at least 4 members (excludes halogenated alkanes) is 34. The van der Waals surface area contributed by atoms with E-state index in [0.717, 1.165) is 96.3 Å². The van der Waals surface area contributed by atoms with Crippen LogP contribution in [0, 0.1) is 0 Å². The van der Waals surface area contributed by atoms with E-state index in [2.05, 4.69) is 81.5 Å². The number of rotatable bonds is 55. The Morgan fingerprint density at radius 3 is 0.871 bits per heavy atom. The Morgan fingerprint density at radius 2 is 0.557 bits per heavy atom. The number of hydrogen-bond acceptors (Lipinski definition) is 6. The molecule has 6 nitrogen and oxygen atoms in total.